The first-order chi connectivity index (χ1) is 9.95. The van der Waals surface area contributed by atoms with Crippen LogP contribution in [0.3, 0.4) is 0 Å². The molecule has 0 amide bonds. The molecule has 1 N–H and O–H groups in total. The predicted molar refractivity (Wildman–Crippen MR) is 74.1 cm³/mol. The van der Waals surface area contributed by atoms with Gasteiger partial charge in [0.15, 0.2) is 0 Å². The van der Waals surface area contributed by atoms with E-state index in [0.29, 0.717) is 5.75 Å². The summed E-state index contributed by atoms with van der Waals surface area (Å²) in [5.41, 5.74) is 2.04. The Labute approximate surface area is 121 Å². The highest BCUT2D eigenvalue weighted by Gasteiger charge is 2.16. The molecule has 8 nitrogen and oxygen atoms in total. The molecule has 1 heterocycles. The minimum atomic E-state index is -0.841. The van der Waals surface area contributed by atoms with E-state index in [1.165, 1.54) is 11.0 Å². The number of aromatic nitrogens is 3. The van der Waals surface area contributed by atoms with Crippen molar-refractivity contribution in [3.05, 3.63) is 45.8 Å². The van der Waals surface area contributed by atoms with Crippen LogP contribution in [0.15, 0.2) is 24.5 Å². The van der Waals surface area contributed by atoms with E-state index in [4.69, 9.17) is 4.74 Å². The summed E-state index contributed by atoms with van der Waals surface area (Å²) in [6.07, 6.45) is 0.366. The monoisotopic (exact) mass is 292 g/mol. The van der Waals surface area contributed by atoms with Gasteiger partial charge in [0.05, 0.1) is 6.54 Å². The van der Waals surface area contributed by atoms with Crippen LogP contribution >= 0.6 is 0 Å². The molecule has 1 atom stereocenters. The molecule has 0 aliphatic rings. The lowest BCUT2D eigenvalue weighted by Gasteiger charge is -2.13. The highest BCUT2D eigenvalue weighted by molar-refractivity contribution is 5.35. The lowest BCUT2D eigenvalue weighted by molar-refractivity contribution is -0.394. The Hall–Kier alpha value is -2.48. The minimum absolute atomic E-state index is 0.0674. The van der Waals surface area contributed by atoms with Crippen molar-refractivity contribution in [3.63, 3.8) is 0 Å². The number of nitro groups is 1. The second-order valence-corrected chi connectivity index (χ2v) is 4.76. The van der Waals surface area contributed by atoms with E-state index in [9.17, 15) is 15.2 Å². The second kappa shape index (κ2) is 6.31. The van der Waals surface area contributed by atoms with Gasteiger partial charge in [0, 0.05) is 5.10 Å². The molecule has 0 unspecified atom stereocenters. The number of aliphatic hydroxyl groups excluding tert-OH is 1. The van der Waals surface area contributed by atoms with Gasteiger partial charge in [-0.1, -0.05) is 17.1 Å². The number of nitrogens with zero attached hydrogens (tertiary/aromatic N) is 4. The van der Waals surface area contributed by atoms with E-state index >= 15 is 0 Å². The second-order valence-electron chi connectivity index (χ2n) is 4.76. The number of benzene rings is 1. The Kier molecular flexibility index (Phi) is 4.49. The fourth-order valence-electron chi connectivity index (χ4n) is 1.77. The maximum absolute atomic E-state index is 10.5. The molecule has 0 saturated carbocycles. The van der Waals surface area contributed by atoms with Crippen LogP contribution in [-0.4, -0.2) is 37.5 Å². The van der Waals surface area contributed by atoms with Crippen LogP contribution in [0, 0.1) is 24.0 Å². The molecule has 0 spiro atoms. The number of aliphatic hydroxyl groups is 1. The Morgan fingerprint density at radius 2 is 2.24 bits per heavy atom. The zero-order chi connectivity index (χ0) is 15.4. The Morgan fingerprint density at radius 3 is 2.90 bits per heavy atom. The zero-order valence-electron chi connectivity index (χ0n) is 11.8. The molecular weight excluding hydrogens is 276 g/mol. The van der Waals surface area contributed by atoms with Crippen molar-refractivity contribution in [1.29, 1.82) is 0 Å². The average molecular weight is 292 g/mol. The van der Waals surface area contributed by atoms with Crippen molar-refractivity contribution in [2.75, 3.05) is 6.61 Å². The SMILES string of the molecule is Cc1ccc(C)c(OC[C@H](O)Cn2cnc([N+](=O)[O-])n2)c1. The number of aryl methyl sites for hydroxylation is 2. The third-order valence-electron chi connectivity index (χ3n) is 2.86. The lowest BCUT2D eigenvalue weighted by Crippen LogP contribution is -2.24. The molecule has 0 aliphatic carbocycles. The molecule has 21 heavy (non-hydrogen) atoms. The maximum Gasteiger partial charge on any atom is 0.490 e. The molecule has 0 bridgehead atoms. The van der Waals surface area contributed by atoms with Crippen LogP contribution in [0.4, 0.5) is 5.95 Å². The first-order valence-electron chi connectivity index (χ1n) is 6.37. The molecule has 1 aromatic heterocycles. The van der Waals surface area contributed by atoms with Crippen LogP contribution in [0.5, 0.6) is 5.75 Å². The molecule has 1 aromatic carbocycles. The summed E-state index contributed by atoms with van der Waals surface area (Å²) in [5.74, 6) is 0.219. The quantitative estimate of drug-likeness (QED) is 0.634. The van der Waals surface area contributed by atoms with Crippen molar-refractivity contribution in [2.24, 2.45) is 0 Å². The van der Waals surface area contributed by atoms with Gasteiger partial charge in [-0.2, -0.15) is 4.68 Å². The van der Waals surface area contributed by atoms with Gasteiger partial charge in [-0.3, -0.25) is 0 Å². The van der Waals surface area contributed by atoms with Gasteiger partial charge in [-0.25, -0.2) is 0 Å². The van der Waals surface area contributed by atoms with Gasteiger partial charge < -0.3 is 20.0 Å². The van der Waals surface area contributed by atoms with Gasteiger partial charge in [-0.05, 0) is 36.0 Å². The maximum atomic E-state index is 10.5. The summed E-state index contributed by atoms with van der Waals surface area (Å²) in [5, 5.41) is 24.0. The molecule has 112 valence electrons. The van der Waals surface area contributed by atoms with E-state index in [0.717, 1.165) is 11.1 Å². The molecule has 0 radical (unpaired) electrons. The van der Waals surface area contributed by atoms with Crippen molar-refractivity contribution in [3.8, 4) is 5.75 Å². The van der Waals surface area contributed by atoms with Crippen LogP contribution in [0.2, 0.25) is 0 Å². The van der Waals surface area contributed by atoms with E-state index < -0.39 is 17.0 Å². The van der Waals surface area contributed by atoms with Crippen LogP contribution in [0.25, 0.3) is 0 Å². The zero-order valence-corrected chi connectivity index (χ0v) is 11.8. The Morgan fingerprint density at radius 1 is 1.48 bits per heavy atom. The molecule has 2 rings (SSSR count). The van der Waals surface area contributed by atoms with Gasteiger partial charge in [0.2, 0.25) is 6.33 Å². The fourth-order valence-corrected chi connectivity index (χ4v) is 1.77. The summed E-state index contributed by atoms with van der Waals surface area (Å²) in [7, 11) is 0. The molecule has 0 aliphatic heterocycles. The highest BCUT2D eigenvalue weighted by Crippen LogP contribution is 2.19. The van der Waals surface area contributed by atoms with Gasteiger partial charge >= 0.3 is 5.95 Å². The highest BCUT2D eigenvalue weighted by atomic mass is 16.6. The smallest absolute Gasteiger partial charge is 0.490 e. The summed E-state index contributed by atoms with van der Waals surface area (Å²) in [4.78, 5) is 13.3. The topological polar surface area (TPSA) is 103 Å². The summed E-state index contributed by atoms with van der Waals surface area (Å²) >= 11 is 0. The molecule has 8 heteroatoms. The molecular formula is C13H16N4O4. The number of ether oxygens (including phenoxy) is 1. The van der Waals surface area contributed by atoms with Crippen molar-refractivity contribution in [2.45, 2.75) is 26.5 Å². The Bertz CT molecular complexity index is 641. The predicted octanol–water partition coefficient (Wildman–Crippen LogP) is 1.24. The third-order valence-corrected chi connectivity index (χ3v) is 2.86. The van der Waals surface area contributed by atoms with Crippen molar-refractivity contribution < 1.29 is 14.8 Å². The largest absolute Gasteiger partial charge is 0.491 e. The van der Waals surface area contributed by atoms with Gasteiger partial charge in [-0.15, -0.1) is 0 Å². The molecule has 0 saturated heterocycles. The van der Waals surface area contributed by atoms with Crippen LogP contribution < -0.4 is 4.74 Å². The number of hydrogen-bond donors (Lipinski definition) is 1. The van der Waals surface area contributed by atoms with Gasteiger partial charge in [0.1, 0.15) is 18.5 Å². The lowest BCUT2D eigenvalue weighted by atomic mass is 10.1. The van der Waals surface area contributed by atoms with Gasteiger partial charge in [0.25, 0.3) is 0 Å². The fraction of sp³-hybridized carbons (Fsp3) is 0.385. The van der Waals surface area contributed by atoms with E-state index in [1.807, 2.05) is 32.0 Å². The van der Waals surface area contributed by atoms with Crippen LogP contribution in [-0.2, 0) is 6.54 Å². The standard InChI is InChI=1S/C13H16N4O4/c1-9-3-4-10(2)12(5-9)21-7-11(18)6-16-8-14-13(15-16)17(19)20/h3-5,8,11,18H,6-7H2,1-2H3/t11-/m1/s1. The summed E-state index contributed by atoms with van der Waals surface area (Å²) < 4.78 is 6.78. The normalized spacial score (nSPS) is 12.1. The van der Waals surface area contributed by atoms with Crippen molar-refractivity contribution >= 4 is 5.95 Å². The average Bonchev–Trinajstić information content (AvgIpc) is 2.88. The minimum Gasteiger partial charge on any atom is -0.491 e. The van der Waals surface area contributed by atoms with E-state index in [-0.39, 0.29) is 13.2 Å². The summed E-state index contributed by atoms with van der Waals surface area (Å²) in [6.45, 7) is 4.02. The number of hydrogen-bond acceptors (Lipinski definition) is 6. The van der Waals surface area contributed by atoms with Crippen LogP contribution in [0.1, 0.15) is 11.1 Å². The van der Waals surface area contributed by atoms with E-state index in [1.54, 1.807) is 0 Å². The molecule has 2 aromatic rings. The Balaban J connectivity index is 1.90. The number of rotatable bonds is 6. The van der Waals surface area contributed by atoms with Crippen molar-refractivity contribution in [1.82, 2.24) is 14.8 Å². The van der Waals surface area contributed by atoms with E-state index in [2.05, 4.69) is 10.1 Å². The first kappa shape index (κ1) is 14.9. The first-order valence-corrected chi connectivity index (χ1v) is 6.37. The third kappa shape index (κ3) is 3.99. The summed E-state index contributed by atoms with van der Waals surface area (Å²) in [6, 6.07) is 5.81. The molecule has 0 fully saturated rings.